The average molecular weight is 245 g/mol. The maximum absolute atomic E-state index is 12.3. The van der Waals surface area contributed by atoms with Gasteiger partial charge in [0.2, 0.25) is 5.91 Å². The minimum absolute atomic E-state index is 0.0159. The van der Waals surface area contributed by atoms with Crippen LogP contribution in [0, 0.1) is 5.41 Å². The van der Waals surface area contributed by atoms with Gasteiger partial charge in [-0.25, -0.2) is 0 Å². The first kappa shape index (κ1) is 12.8. The zero-order chi connectivity index (χ0) is 13.7. The fraction of sp³-hybridized carbons (Fsp3) is 0.467. The van der Waals surface area contributed by atoms with Crippen molar-refractivity contribution in [2.45, 2.75) is 40.0 Å². The maximum Gasteiger partial charge on any atom is 0.234 e. The van der Waals surface area contributed by atoms with Crippen LogP contribution in [0.15, 0.2) is 18.2 Å². The molecule has 0 aromatic heterocycles. The van der Waals surface area contributed by atoms with E-state index in [0.717, 1.165) is 11.3 Å². The molecule has 0 atom stereocenters. The number of carbonyl (C=O) groups is 2. The highest BCUT2D eigenvalue weighted by Crippen LogP contribution is 2.38. The van der Waals surface area contributed by atoms with Crippen molar-refractivity contribution in [2.24, 2.45) is 5.41 Å². The molecule has 1 aliphatic rings. The Bertz CT molecular complexity index is 536. The molecule has 0 bridgehead atoms. The molecule has 1 aromatic rings. The minimum Gasteiger partial charge on any atom is -0.325 e. The van der Waals surface area contributed by atoms with E-state index < -0.39 is 10.8 Å². The second kappa shape index (κ2) is 3.67. The first-order valence-electron chi connectivity index (χ1n) is 6.15. The topological polar surface area (TPSA) is 46.2 Å². The third kappa shape index (κ3) is 1.84. The van der Waals surface area contributed by atoms with Crippen LogP contribution in [0.25, 0.3) is 0 Å². The molecule has 0 radical (unpaired) electrons. The van der Waals surface area contributed by atoms with E-state index in [4.69, 9.17) is 0 Å². The van der Waals surface area contributed by atoms with Gasteiger partial charge in [0.15, 0.2) is 5.78 Å². The van der Waals surface area contributed by atoms with E-state index in [1.165, 1.54) is 0 Å². The van der Waals surface area contributed by atoms with Crippen molar-refractivity contribution in [1.82, 2.24) is 0 Å². The van der Waals surface area contributed by atoms with Crippen molar-refractivity contribution in [3.8, 4) is 0 Å². The third-order valence-electron chi connectivity index (χ3n) is 3.45. The number of benzene rings is 1. The molecule has 0 fully saturated rings. The van der Waals surface area contributed by atoms with Crippen molar-refractivity contribution >= 4 is 17.4 Å². The summed E-state index contributed by atoms with van der Waals surface area (Å²) in [5.41, 5.74) is 1.42. The van der Waals surface area contributed by atoms with E-state index in [-0.39, 0.29) is 11.7 Å². The summed E-state index contributed by atoms with van der Waals surface area (Å²) in [4.78, 5) is 24.1. The van der Waals surface area contributed by atoms with Crippen LogP contribution in [-0.4, -0.2) is 11.7 Å². The number of anilines is 1. The number of fused-ring (bicyclic) bond motifs is 1. The molecule has 1 heterocycles. The van der Waals surface area contributed by atoms with Gasteiger partial charge in [-0.1, -0.05) is 20.8 Å². The molecule has 1 aromatic carbocycles. The summed E-state index contributed by atoms with van der Waals surface area (Å²) in [6.07, 6.45) is 0. The molecule has 0 spiro atoms. The fourth-order valence-corrected chi connectivity index (χ4v) is 2.15. The Morgan fingerprint density at radius 2 is 1.83 bits per heavy atom. The zero-order valence-electron chi connectivity index (χ0n) is 11.5. The SMILES string of the molecule is CC(C)(C)C(=O)c1ccc2c(c1)C(C)(C)C(=O)N2. The van der Waals surface area contributed by atoms with Crippen LogP contribution in [0.1, 0.15) is 50.5 Å². The van der Waals surface area contributed by atoms with Crippen LogP contribution in [0.5, 0.6) is 0 Å². The lowest BCUT2D eigenvalue weighted by atomic mass is 9.82. The van der Waals surface area contributed by atoms with Crippen LogP contribution in [-0.2, 0) is 10.2 Å². The van der Waals surface area contributed by atoms with E-state index in [1.54, 1.807) is 6.07 Å². The Labute approximate surface area is 108 Å². The Morgan fingerprint density at radius 1 is 1.22 bits per heavy atom. The molecular weight excluding hydrogens is 226 g/mol. The number of Topliss-reactive ketones (excluding diaryl/α,β-unsaturated/α-hetero) is 1. The molecule has 1 aliphatic heterocycles. The number of rotatable bonds is 1. The third-order valence-corrected chi connectivity index (χ3v) is 3.45. The van der Waals surface area contributed by atoms with E-state index in [1.807, 2.05) is 46.8 Å². The lowest BCUT2D eigenvalue weighted by molar-refractivity contribution is -0.119. The number of carbonyl (C=O) groups excluding carboxylic acids is 2. The molecule has 1 N–H and O–H groups in total. The van der Waals surface area contributed by atoms with Gasteiger partial charge in [-0.05, 0) is 37.6 Å². The molecule has 1 amide bonds. The summed E-state index contributed by atoms with van der Waals surface area (Å²) in [5, 5.41) is 2.84. The predicted octanol–water partition coefficient (Wildman–Crippen LogP) is 3.15. The van der Waals surface area contributed by atoms with Crippen LogP contribution in [0.3, 0.4) is 0 Å². The first-order chi connectivity index (χ1) is 8.14. The molecule has 2 rings (SSSR count). The lowest BCUT2D eigenvalue weighted by Gasteiger charge is -2.19. The van der Waals surface area contributed by atoms with E-state index in [2.05, 4.69) is 5.32 Å². The molecule has 3 heteroatoms. The molecule has 0 unspecified atom stereocenters. The fourth-order valence-electron chi connectivity index (χ4n) is 2.15. The van der Waals surface area contributed by atoms with Crippen LogP contribution in [0.4, 0.5) is 5.69 Å². The Morgan fingerprint density at radius 3 is 2.39 bits per heavy atom. The normalized spacial score (nSPS) is 17.3. The summed E-state index contributed by atoms with van der Waals surface area (Å²) in [7, 11) is 0. The van der Waals surface area contributed by atoms with Gasteiger partial charge < -0.3 is 5.32 Å². The summed E-state index contributed by atoms with van der Waals surface area (Å²) in [5.74, 6) is 0.0818. The Hall–Kier alpha value is -1.64. The van der Waals surface area contributed by atoms with Crippen molar-refractivity contribution in [3.63, 3.8) is 0 Å². The largest absolute Gasteiger partial charge is 0.325 e. The number of amides is 1. The Balaban J connectivity index is 2.50. The van der Waals surface area contributed by atoms with Crippen LogP contribution in [0.2, 0.25) is 0 Å². The van der Waals surface area contributed by atoms with Crippen molar-refractivity contribution in [3.05, 3.63) is 29.3 Å². The van der Waals surface area contributed by atoms with Crippen molar-refractivity contribution < 1.29 is 9.59 Å². The van der Waals surface area contributed by atoms with Gasteiger partial charge in [0.05, 0.1) is 5.41 Å². The van der Waals surface area contributed by atoms with Gasteiger partial charge in [-0.15, -0.1) is 0 Å². The lowest BCUT2D eigenvalue weighted by Crippen LogP contribution is -2.27. The van der Waals surface area contributed by atoms with E-state index in [0.29, 0.717) is 5.56 Å². The van der Waals surface area contributed by atoms with Crippen molar-refractivity contribution in [2.75, 3.05) is 5.32 Å². The Kier molecular flexibility index (Phi) is 2.61. The molecule has 0 saturated heterocycles. The summed E-state index contributed by atoms with van der Waals surface area (Å²) in [6.45, 7) is 9.45. The van der Waals surface area contributed by atoms with Crippen LogP contribution >= 0.6 is 0 Å². The second-order valence-corrected chi connectivity index (χ2v) is 6.42. The van der Waals surface area contributed by atoms with Gasteiger partial charge >= 0.3 is 0 Å². The minimum atomic E-state index is -0.566. The van der Waals surface area contributed by atoms with Gasteiger partial charge in [-0.3, -0.25) is 9.59 Å². The highest BCUT2D eigenvalue weighted by molar-refractivity contribution is 6.07. The second-order valence-electron chi connectivity index (χ2n) is 6.42. The molecule has 96 valence electrons. The molecule has 0 aliphatic carbocycles. The highest BCUT2D eigenvalue weighted by Gasteiger charge is 2.39. The van der Waals surface area contributed by atoms with Crippen molar-refractivity contribution in [1.29, 1.82) is 0 Å². The van der Waals surface area contributed by atoms with Gasteiger partial charge in [0.25, 0.3) is 0 Å². The van der Waals surface area contributed by atoms with Gasteiger partial charge in [-0.2, -0.15) is 0 Å². The smallest absolute Gasteiger partial charge is 0.234 e. The van der Waals surface area contributed by atoms with Gasteiger partial charge in [0.1, 0.15) is 0 Å². The number of hydrogen-bond donors (Lipinski definition) is 1. The summed E-state index contributed by atoms with van der Waals surface area (Å²) >= 11 is 0. The maximum atomic E-state index is 12.3. The summed E-state index contributed by atoms with van der Waals surface area (Å²) < 4.78 is 0. The van der Waals surface area contributed by atoms with E-state index in [9.17, 15) is 9.59 Å². The summed E-state index contributed by atoms with van der Waals surface area (Å²) in [6, 6.07) is 5.45. The molecule has 18 heavy (non-hydrogen) atoms. The van der Waals surface area contributed by atoms with Crippen LogP contribution < -0.4 is 5.32 Å². The average Bonchev–Trinajstić information content (AvgIpc) is 2.48. The molecular formula is C15H19NO2. The van der Waals surface area contributed by atoms with E-state index >= 15 is 0 Å². The first-order valence-corrected chi connectivity index (χ1v) is 6.15. The standard InChI is InChI=1S/C15H19NO2/c1-14(2,3)12(17)9-6-7-11-10(8-9)15(4,5)13(18)16-11/h6-8H,1-5H3,(H,16,18). The predicted molar refractivity (Wildman–Crippen MR) is 71.9 cm³/mol. The van der Waals surface area contributed by atoms with Gasteiger partial charge in [0, 0.05) is 16.7 Å². The number of ketones is 1. The molecule has 0 saturated carbocycles. The quantitative estimate of drug-likeness (QED) is 0.772. The highest BCUT2D eigenvalue weighted by atomic mass is 16.2. The molecule has 3 nitrogen and oxygen atoms in total. The number of nitrogens with one attached hydrogen (secondary N) is 1. The zero-order valence-corrected chi connectivity index (χ0v) is 11.5. The monoisotopic (exact) mass is 245 g/mol. The number of hydrogen-bond acceptors (Lipinski definition) is 2.